The van der Waals surface area contributed by atoms with Crippen LogP contribution in [0.25, 0.3) is 22.0 Å². The maximum Gasteiger partial charge on any atom is 0.333 e. The third-order valence-electron chi connectivity index (χ3n) is 5.35. The van der Waals surface area contributed by atoms with E-state index in [2.05, 4.69) is 4.74 Å². The number of carbonyl (C=O) groups excluding carboxylic acids is 3. The number of fused-ring (bicyclic) bond motifs is 1. The zero-order valence-electron chi connectivity index (χ0n) is 20.3. The highest BCUT2D eigenvalue weighted by atomic mass is 19.1. The molecule has 8 heteroatoms. The van der Waals surface area contributed by atoms with Crippen molar-refractivity contribution in [2.24, 2.45) is 0 Å². The summed E-state index contributed by atoms with van der Waals surface area (Å²) >= 11 is 0. The summed E-state index contributed by atoms with van der Waals surface area (Å²) in [5.41, 5.74) is 2.99. The largest absolute Gasteiger partial charge is 0.466 e. The van der Waals surface area contributed by atoms with Crippen LogP contribution in [0.5, 0.6) is 0 Å². The lowest BCUT2D eigenvalue weighted by Crippen LogP contribution is -2.18. The molecule has 0 amide bonds. The van der Waals surface area contributed by atoms with E-state index >= 15 is 0 Å². The smallest absolute Gasteiger partial charge is 0.333 e. The molecule has 0 bridgehead atoms. The fourth-order valence-corrected chi connectivity index (χ4v) is 4.16. The lowest BCUT2D eigenvalue weighted by molar-refractivity contribution is -0.147. The van der Waals surface area contributed by atoms with Gasteiger partial charge in [0.1, 0.15) is 17.7 Å². The van der Waals surface area contributed by atoms with Crippen LogP contribution in [0.1, 0.15) is 52.0 Å². The average molecular weight is 482 g/mol. The van der Waals surface area contributed by atoms with Gasteiger partial charge in [0.25, 0.3) is 0 Å². The summed E-state index contributed by atoms with van der Waals surface area (Å²) in [7, 11) is 1.21. The van der Waals surface area contributed by atoms with Gasteiger partial charge in [0.05, 0.1) is 18.9 Å². The maximum absolute atomic E-state index is 13.8. The summed E-state index contributed by atoms with van der Waals surface area (Å²) in [5.74, 6) is -2.30. The fourth-order valence-electron chi connectivity index (χ4n) is 4.16. The Hall–Kier alpha value is -3.94. The van der Waals surface area contributed by atoms with Gasteiger partial charge in [-0.15, -0.1) is 0 Å². The van der Waals surface area contributed by atoms with E-state index < -0.39 is 24.0 Å². The molecule has 2 aromatic carbocycles. The zero-order chi connectivity index (χ0) is 25.7. The van der Waals surface area contributed by atoms with E-state index in [4.69, 9.17) is 9.47 Å². The molecule has 1 aromatic heterocycles. The van der Waals surface area contributed by atoms with Crippen molar-refractivity contribution < 1.29 is 33.0 Å². The molecular formula is C27H28FNO6. The SMILES string of the molecule is COC(=O)/C=C(/CC(OC(C)=O)c1c(-c2ccc(F)cc2)c2ccccc2n1C(C)C)OC(C)=O. The monoisotopic (exact) mass is 481 g/mol. The van der Waals surface area contributed by atoms with E-state index in [9.17, 15) is 18.8 Å². The molecule has 0 spiro atoms. The first-order valence-corrected chi connectivity index (χ1v) is 11.1. The van der Waals surface area contributed by atoms with Crippen LogP contribution in [0.2, 0.25) is 0 Å². The van der Waals surface area contributed by atoms with Crippen molar-refractivity contribution in [3.8, 4) is 11.1 Å². The van der Waals surface area contributed by atoms with Gasteiger partial charge in [-0.3, -0.25) is 9.59 Å². The number of halogens is 1. The first kappa shape index (κ1) is 25.7. The summed E-state index contributed by atoms with van der Waals surface area (Å²) in [6, 6.07) is 13.7. The Bertz CT molecular complexity index is 1270. The van der Waals surface area contributed by atoms with E-state index in [0.717, 1.165) is 28.1 Å². The second-order valence-electron chi connectivity index (χ2n) is 8.28. The highest BCUT2D eigenvalue weighted by molar-refractivity contribution is 5.98. The van der Waals surface area contributed by atoms with Crippen molar-refractivity contribution in [2.75, 3.05) is 7.11 Å². The van der Waals surface area contributed by atoms with Crippen molar-refractivity contribution in [1.82, 2.24) is 4.57 Å². The number of para-hydroxylation sites is 1. The minimum Gasteiger partial charge on any atom is -0.466 e. The van der Waals surface area contributed by atoms with Crippen molar-refractivity contribution in [3.05, 3.63) is 71.9 Å². The van der Waals surface area contributed by atoms with Gasteiger partial charge in [-0.25, -0.2) is 9.18 Å². The molecule has 35 heavy (non-hydrogen) atoms. The van der Waals surface area contributed by atoms with Gasteiger partial charge >= 0.3 is 17.9 Å². The molecule has 0 N–H and O–H groups in total. The van der Waals surface area contributed by atoms with Gasteiger partial charge in [-0.2, -0.15) is 0 Å². The van der Waals surface area contributed by atoms with Crippen LogP contribution < -0.4 is 0 Å². The quantitative estimate of drug-likeness (QED) is 0.179. The van der Waals surface area contributed by atoms with Crippen LogP contribution in [0, 0.1) is 5.82 Å². The van der Waals surface area contributed by atoms with Gasteiger partial charge in [0.2, 0.25) is 0 Å². The average Bonchev–Trinajstić information content (AvgIpc) is 3.13. The van der Waals surface area contributed by atoms with Crippen LogP contribution >= 0.6 is 0 Å². The molecule has 0 saturated carbocycles. The first-order chi connectivity index (χ1) is 16.6. The van der Waals surface area contributed by atoms with E-state index in [1.165, 1.54) is 33.1 Å². The summed E-state index contributed by atoms with van der Waals surface area (Å²) in [4.78, 5) is 35.9. The van der Waals surface area contributed by atoms with E-state index in [-0.39, 0.29) is 24.0 Å². The molecule has 1 atom stereocenters. The van der Waals surface area contributed by atoms with Gasteiger partial charge < -0.3 is 18.8 Å². The predicted molar refractivity (Wildman–Crippen MR) is 129 cm³/mol. The Kier molecular flexibility index (Phi) is 8.06. The Morgan fingerprint density at radius 3 is 2.23 bits per heavy atom. The summed E-state index contributed by atoms with van der Waals surface area (Å²) in [6.45, 7) is 6.47. The van der Waals surface area contributed by atoms with Gasteiger partial charge in [-0.1, -0.05) is 30.3 Å². The molecule has 3 rings (SSSR count). The predicted octanol–water partition coefficient (Wildman–Crippen LogP) is 5.64. The van der Waals surface area contributed by atoms with Crippen molar-refractivity contribution >= 4 is 28.8 Å². The number of hydrogen-bond acceptors (Lipinski definition) is 6. The summed E-state index contributed by atoms with van der Waals surface area (Å²) in [6.07, 6.45) is 0.0150. The number of carbonyl (C=O) groups is 3. The van der Waals surface area contributed by atoms with E-state index in [0.29, 0.717) is 5.69 Å². The molecule has 0 aliphatic carbocycles. The Balaban J connectivity index is 2.32. The molecule has 0 radical (unpaired) electrons. The second kappa shape index (κ2) is 11.0. The van der Waals surface area contributed by atoms with Crippen molar-refractivity contribution in [2.45, 2.75) is 46.3 Å². The Labute approximate surface area is 203 Å². The first-order valence-electron chi connectivity index (χ1n) is 11.1. The van der Waals surface area contributed by atoms with Crippen molar-refractivity contribution in [1.29, 1.82) is 0 Å². The van der Waals surface area contributed by atoms with E-state index in [1.807, 2.05) is 42.7 Å². The van der Waals surface area contributed by atoms with Gasteiger partial charge in [0, 0.05) is 42.8 Å². The Morgan fingerprint density at radius 1 is 1.00 bits per heavy atom. The number of aromatic nitrogens is 1. The van der Waals surface area contributed by atoms with Crippen LogP contribution in [0.4, 0.5) is 4.39 Å². The van der Waals surface area contributed by atoms with Crippen LogP contribution in [-0.2, 0) is 28.6 Å². The minimum atomic E-state index is -0.933. The number of benzene rings is 2. The van der Waals surface area contributed by atoms with Crippen molar-refractivity contribution in [3.63, 3.8) is 0 Å². The summed E-state index contributed by atoms with van der Waals surface area (Å²) < 4.78 is 31.5. The van der Waals surface area contributed by atoms with Crippen LogP contribution in [0.15, 0.2) is 60.4 Å². The molecule has 1 heterocycles. The van der Waals surface area contributed by atoms with Crippen LogP contribution in [0.3, 0.4) is 0 Å². The van der Waals surface area contributed by atoms with Gasteiger partial charge in [0.15, 0.2) is 0 Å². The molecule has 1 unspecified atom stereocenters. The third kappa shape index (κ3) is 5.95. The minimum absolute atomic E-state index is 0.0128. The highest BCUT2D eigenvalue weighted by Crippen LogP contribution is 2.43. The molecule has 0 aliphatic heterocycles. The molecule has 3 aromatic rings. The number of ether oxygens (including phenoxy) is 3. The van der Waals surface area contributed by atoms with E-state index in [1.54, 1.807) is 12.1 Å². The molecular weight excluding hydrogens is 453 g/mol. The number of esters is 3. The second-order valence-corrected chi connectivity index (χ2v) is 8.28. The standard InChI is InChI=1S/C27H28FNO6/c1-16(2)29-23-9-7-6-8-22(23)26(19-10-12-20(28)13-11-19)27(29)24(35-18(4)31)14-21(34-17(3)30)15-25(32)33-5/h6-13,15-16,24H,14H2,1-5H3/b21-15-. The lowest BCUT2D eigenvalue weighted by atomic mass is 9.97. The van der Waals surface area contributed by atoms with Gasteiger partial charge in [-0.05, 0) is 37.6 Å². The molecule has 0 aliphatic rings. The number of hydrogen-bond donors (Lipinski definition) is 0. The number of methoxy groups -OCH3 is 1. The Morgan fingerprint density at radius 2 is 1.66 bits per heavy atom. The highest BCUT2D eigenvalue weighted by Gasteiger charge is 2.30. The molecule has 0 saturated heterocycles. The summed E-state index contributed by atoms with van der Waals surface area (Å²) in [5, 5.41) is 0.881. The van der Waals surface area contributed by atoms with Crippen LogP contribution in [-0.4, -0.2) is 29.6 Å². The zero-order valence-corrected chi connectivity index (χ0v) is 20.3. The molecule has 184 valence electrons. The third-order valence-corrected chi connectivity index (χ3v) is 5.35. The topological polar surface area (TPSA) is 83.8 Å². The normalized spacial score (nSPS) is 12.5. The molecule has 0 fully saturated rings. The number of rotatable bonds is 8. The lowest BCUT2D eigenvalue weighted by Gasteiger charge is -2.24. The maximum atomic E-state index is 13.8. The fraction of sp³-hybridized carbons (Fsp3) is 0.296. The molecule has 7 nitrogen and oxygen atoms in total. The number of nitrogens with zero attached hydrogens (tertiary/aromatic N) is 1.